The highest BCUT2D eigenvalue weighted by Crippen LogP contribution is 2.36. The van der Waals surface area contributed by atoms with Crippen LogP contribution >= 0.6 is 0 Å². The molecule has 476 valence electrons. The Balaban J connectivity index is 0.000000156. The van der Waals surface area contributed by atoms with Gasteiger partial charge in [-0.05, 0) is 168 Å². The molecule has 2 saturated heterocycles. The van der Waals surface area contributed by atoms with Crippen LogP contribution in [0.3, 0.4) is 0 Å². The summed E-state index contributed by atoms with van der Waals surface area (Å²) in [5, 5.41) is 6.58. The quantitative estimate of drug-likeness (QED) is 0.153. The monoisotopic (exact) mass is 1250 g/mol. The zero-order valence-electron chi connectivity index (χ0n) is 52.3. The number of rotatable bonds is 6. The number of aromatic nitrogens is 12. The van der Waals surface area contributed by atoms with Crippen molar-refractivity contribution in [2.45, 2.75) is 116 Å². The lowest BCUT2D eigenvalue weighted by Crippen LogP contribution is -2.42. The van der Waals surface area contributed by atoms with Gasteiger partial charge in [0.25, 0.3) is 22.9 Å². The average Bonchev–Trinajstić information content (AvgIpc) is 2.13. The van der Waals surface area contributed by atoms with Crippen molar-refractivity contribution in [3.8, 4) is 23.1 Å². The summed E-state index contributed by atoms with van der Waals surface area (Å²) in [4.78, 5) is 99.3. The van der Waals surface area contributed by atoms with E-state index in [0.717, 1.165) is 86.5 Å². The third-order valence-corrected chi connectivity index (χ3v) is 18.3. The smallest absolute Gasteiger partial charge is 0.410 e. The van der Waals surface area contributed by atoms with E-state index in [2.05, 4.69) is 91.4 Å². The van der Waals surface area contributed by atoms with Gasteiger partial charge in [0.2, 0.25) is 0 Å². The molecule has 0 aliphatic carbocycles. The number of hydrogen-bond donors (Lipinski definition) is 1. The zero-order chi connectivity index (χ0) is 63.5. The van der Waals surface area contributed by atoms with Crippen molar-refractivity contribution < 1.29 is 28.6 Å². The summed E-state index contributed by atoms with van der Waals surface area (Å²) in [6.45, 7) is 10.8. The zero-order valence-corrected chi connectivity index (χ0v) is 52.3. The number of pyridine rings is 2. The van der Waals surface area contributed by atoms with Crippen molar-refractivity contribution >= 4 is 73.4 Å². The molecule has 0 unspecified atom stereocenters. The Bertz CT molecular complexity index is 4780. The molecular weight excluding hydrogens is 1180 g/mol. The molecule has 14 heterocycles. The van der Waals surface area contributed by atoms with Crippen LogP contribution in [-0.4, -0.2) is 139 Å². The Morgan fingerprint density at radius 1 is 0.581 bits per heavy atom. The van der Waals surface area contributed by atoms with E-state index < -0.39 is 5.60 Å². The maximum atomic E-state index is 13.7. The number of nitrogens with zero attached hydrogens (tertiary/aromatic N) is 15. The van der Waals surface area contributed by atoms with Gasteiger partial charge < -0.3 is 33.6 Å². The number of hydrogen-bond acceptors (Lipinski definition) is 15. The number of allylic oxidation sites excluding steroid dienone is 4. The van der Waals surface area contributed by atoms with Crippen LogP contribution in [0.4, 0.5) is 16.4 Å². The molecule has 93 heavy (non-hydrogen) atoms. The summed E-state index contributed by atoms with van der Waals surface area (Å²) in [7, 11) is 0. The Kier molecular flexibility index (Phi) is 15.5. The molecule has 24 nitrogen and oxygen atoms in total. The number of ether oxygens (including phenoxy) is 3. The molecule has 0 saturated carbocycles. The van der Waals surface area contributed by atoms with Crippen LogP contribution in [-0.2, 0) is 40.3 Å². The van der Waals surface area contributed by atoms with Crippen molar-refractivity contribution in [3.05, 3.63) is 165 Å². The first-order chi connectivity index (χ1) is 45.3. The van der Waals surface area contributed by atoms with Crippen LogP contribution in [0.5, 0.6) is 11.5 Å². The molecule has 0 atom stereocenters. The molecule has 10 aromatic rings. The van der Waals surface area contributed by atoms with Crippen LogP contribution in [0.25, 0.3) is 55.5 Å². The van der Waals surface area contributed by atoms with E-state index in [0.29, 0.717) is 133 Å². The fourth-order valence-electron chi connectivity index (χ4n) is 13.6. The predicted octanol–water partition coefficient (Wildman–Crippen LogP) is 8.69. The van der Waals surface area contributed by atoms with Crippen LogP contribution in [0.2, 0.25) is 0 Å². The van der Waals surface area contributed by atoms with Crippen LogP contribution < -0.4 is 35.7 Å². The van der Waals surface area contributed by atoms with E-state index in [9.17, 15) is 24.0 Å². The lowest BCUT2D eigenvalue weighted by Gasteiger charge is -2.34. The second-order valence-electron chi connectivity index (χ2n) is 25.6. The van der Waals surface area contributed by atoms with Crippen LogP contribution in [0, 0.1) is 0 Å². The van der Waals surface area contributed by atoms with Crippen molar-refractivity contribution in [1.29, 1.82) is 0 Å². The van der Waals surface area contributed by atoms with Gasteiger partial charge in [0.15, 0.2) is 59.3 Å². The Morgan fingerprint density at radius 3 is 1.55 bits per heavy atom. The van der Waals surface area contributed by atoms with Gasteiger partial charge >= 0.3 is 6.09 Å². The number of amides is 3. The van der Waals surface area contributed by atoms with Gasteiger partial charge in [-0.25, -0.2) is 53.4 Å². The molecule has 6 aliphatic heterocycles. The number of likely N-dealkylation sites (tertiary alicyclic amines) is 1. The first-order valence-corrected chi connectivity index (χ1v) is 32.3. The Labute approximate surface area is 534 Å². The SMILES string of the molecule is CC(C)(C)OC(=O)N1CCC(n2ccc3cc(Cc4ncc5c(=O)n6n(c5n4)-c4ccc5c(n4)N(CCC/C=C\C6)C(=O)CO5)ccc32)CC1.O=C1COc2ccc3nc2N1CCC/C=C\Cn1c(=O)c2cnc(Cc4ccc5c(ccn5C5CCNCC5)c4)nc2n1-3. The second-order valence-corrected chi connectivity index (χ2v) is 25.6. The number of carbonyl (C=O) groups is 3. The molecule has 8 aromatic heterocycles. The van der Waals surface area contributed by atoms with Crippen LogP contribution in [0.1, 0.15) is 107 Å². The van der Waals surface area contributed by atoms with Gasteiger partial charge in [-0.3, -0.25) is 29.0 Å². The summed E-state index contributed by atoms with van der Waals surface area (Å²) in [6, 6.07) is 25.3. The molecule has 0 radical (unpaired) electrons. The highest BCUT2D eigenvalue weighted by Gasteiger charge is 2.32. The lowest BCUT2D eigenvalue weighted by atomic mass is 10.0. The number of anilines is 2. The Hall–Kier alpha value is -10.2. The summed E-state index contributed by atoms with van der Waals surface area (Å²) >= 11 is 0. The van der Waals surface area contributed by atoms with E-state index in [-0.39, 0.29) is 42.2 Å². The minimum absolute atomic E-state index is 0.00775. The molecule has 0 spiro atoms. The maximum Gasteiger partial charge on any atom is 0.410 e. The molecule has 1 N–H and O–H groups in total. The van der Waals surface area contributed by atoms with Crippen molar-refractivity contribution in [2.24, 2.45) is 0 Å². The maximum absolute atomic E-state index is 13.7. The van der Waals surface area contributed by atoms with Gasteiger partial charge in [0.1, 0.15) is 28.0 Å². The molecule has 6 aliphatic rings. The topological polar surface area (TPSA) is 242 Å². The highest BCUT2D eigenvalue weighted by atomic mass is 16.6. The largest absolute Gasteiger partial charge is 0.480 e. The normalized spacial score (nSPS) is 17.9. The van der Waals surface area contributed by atoms with Gasteiger partial charge in [-0.1, -0.05) is 36.4 Å². The van der Waals surface area contributed by atoms with Crippen molar-refractivity contribution in [1.82, 2.24) is 68.0 Å². The number of carbonyl (C=O) groups excluding carboxylic acids is 3. The van der Waals surface area contributed by atoms with E-state index in [4.69, 9.17) is 34.1 Å². The van der Waals surface area contributed by atoms with E-state index >= 15 is 0 Å². The molecular formula is C69H72N16O8. The number of fused-ring (bicyclic) bond motifs is 12. The molecule has 4 bridgehead atoms. The molecule has 24 heteroatoms. The van der Waals surface area contributed by atoms with E-state index in [1.165, 1.54) is 10.9 Å². The Morgan fingerprint density at radius 2 is 1.06 bits per heavy atom. The fourth-order valence-corrected chi connectivity index (χ4v) is 13.6. The van der Waals surface area contributed by atoms with E-state index in [1.807, 2.05) is 45.1 Å². The van der Waals surface area contributed by atoms with Crippen molar-refractivity contribution in [2.75, 3.05) is 62.3 Å². The standard InChI is InChI=1S/C37H40N8O5.C32H32N8O3/c1-37(2,3)50-36(48)41-17-13-26(14-18-41)42-19-12-25-20-24(8-9-28(25)42)21-30-38-22-27-33(39-30)45-31-11-10-29-34(40-31)43(32(46)23-49-29)15-6-4-5-7-16-44(45)35(27)47;41-29-20-43-26-7-8-28-36-31(26)38(29)14-3-1-2-4-15-39-32(42)24-19-34-27(35-30(24)40(28)39)18-21-5-6-25-22(17-21)11-16-37(25)23-9-12-33-13-10-23/h5,7-12,19-20,22,26H,4,6,13-18,21,23H2,1-3H3;2,4-8,11,16-17,19,23,33H,1,3,9-10,12-15,18,20H2/b7-5-;4-2-. The van der Waals surface area contributed by atoms with E-state index in [1.54, 1.807) is 64.0 Å². The summed E-state index contributed by atoms with van der Waals surface area (Å²) < 4.78 is 28.4. The van der Waals surface area contributed by atoms with Gasteiger partial charge in [-0.2, -0.15) is 0 Å². The molecule has 3 amide bonds. The average molecular weight is 1250 g/mol. The van der Waals surface area contributed by atoms with Gasteiger partial charge in [-0.15, -0.1) is 0 Å². The van der Waals surface area contributed by atoms with Gasteiger partial charge in [0.05, 0.1) is 13.1 Å². The minimum Gasteiger partial charge on any atom is -0.480 e. The summed E-state index contributed by atoms with van der Waals surface area (Å²) in [5.74, 6) is 3.91. The molecule has 16 rings (SSSR count). The minimum atomic E-state index is -0.507. The number of nitrogens with one attached hydrogen (secondary N) is 1. The highest BCUT2D eigenvalue weighted by molar-refractivity contribution is 5.97. The van der Waals surface area contributed by atoms with Crippen LogP contribution in [0.15, 0.2) is 131 Å². The van der Waals surface area contributed by atoms with Crippen molar-refractivity contribution in [3.63, 3.8) is 0 Å². The molecule has 2 fully saturated rings. The predicted molar refractivity (Wildman–Crippen MR) is 351 cm³/mol. The first kappa shape index (κ1) is 59.1. The van der Waals surface area contributed by atoms with Gasteiger partial charge in [0, 0.05) is 86.9 Å². The second kappa shape index (κ2) is 24.4. The number of piperidine rings is 2. The summed E-state index contributed by atoms with van der Waals surface area (Å²) in [6.07, 6.45) is 23.4. The third-order valence-electron chi connectivity index (χ3n) is 18.3. The summed E-state index contributed by atoms with van der Waals surface area (Å²) in [5.41, 5.74) is 4.57. The fraction of sp³-hybridized carbons (Fsp3) is 0.377. The molecule has 2 aromatic carbocycles. The third kappa shape index (κ3) is 11.5. The number of benzene rings is 2. The lowest BCUT2D eigenvalue weighted by molar-refractivity contribution is -0.122. The first-order valence-electron chi connectivity index (χ1n) is 32.3.